The van der Waals surface area contributed by atoms with E-state index in [0.29, 0.717) is 0 Å². The fourth-order valence-electron chi connectivity index (χ4n) is 3.40. The van der Waals surface area contributed by atoms with Gasteiger partial charge in [-0.2, -0.15) is 0 Å². The van der Waals surface area contributed by atoms with Gasteiger partial charge < -0.3 is 9.80 Å². The maximum atomic E-state index is 13.8. The van der Waals surface area contributed by atoms with Crippen molar-refractivity contribution in [1.29, 1.82) is 0 Å². The minimum absolute atomic E-state index is 0.0641. The van der Waals surface area contributed by atoms with Gasteiger partial charge in [-0.25, -0.2) is 4.39 Å². The van der Waals surface area contributed by atoms with Crippen LogP contribution in [-0.4, -0.2) is 26.2 Å². The molecule has 122 valence electrons. The fourth-order valence-corrected chi connectivity index (χ4v) is 3.40. The summed E-state index contributed by atoms with van der Waals surface area (Å²) in [6.07, 6.45) is 1.10. The van der Waals surface area contributed by atoms with Crippen molar-refractivity contribution in [2.45, 2.75) is 26.4 Å². The zero-order valence-electron chi connectivity index (χ0n) is 13.9. The largest absolute Gasteiger partial charge is 0.322 e. The minimum atomic E-state index is -0.0641. The van der Waals surface area contributed by atoms with E-state index in [9.17, 15) is 4.39 Å². The Balaban J connectivity index is 1.49. The highest BCUT2D eigenvalue weighted by Gasteiger charge is 2.23. The summed E-state index contributed by atoms with van der Waals surface area (Å²) >= 11 is 0. The second-order valence-corrected chi connectivity index (χ2v) is 6.62. The van der Waals surface area contributed by atoms with Gasteiger partial charge in [0.05, 0.1) is 0 Å². The first kappa shape index (κ1) is 16.2. The highest BCUT2D eigenvalue weighted by Crippen LogP contribution is 2.05. The SMILES string of the molecule is CCc1ccc(C[NH+]2CC[NH+](Cc3ccccc3F)CC2)cc1. The van der Waals surface area contributed by atoms with E-state index in [1.54, 1.807) is 17.0 Å². The second-order valence-electron chi connectivity index (χ2n) is 6.62. The number of nitrogens with one attached hydrogen (secondary N) is 2. The molecule has 3 heteroatoms. The normalized spacial score (nSPS) is 21.3. The second kappa shape index (κ2) is 7.71. The van der Waals surface area contributed by atoms with Gasteiger partial charge in [0, 0.05) is 11.1 Å². The molecule has 1 aliphatic rings. The lowest BCUT2D eigenvalue weighted by atomic mass is 10.1. The molecule has 2 aromatic rings. The Kier molecular flexibility index (Phi) is 5.42. The number of quaternary nitrogens is 2. The van der Waals surface area contributed by atoms with E-state index in [2.05, 4.69) is 31.2 Å². The fraction of sp³-hybridized carbons (Fsp3) is 0.400. The van der Waals surface area contributed by atoms with E-state index in [1.165, 1.54) is 29.1 Å². The summed E-state index contributed by atoms with van der Waals surface area (Å²) in [7, 11) is 0. The van der Waals surface area contributed by atoms with Gasteiger partial charge >= 0.3 is 0 Å². The highest BCUT2D eigenvalue weighted by atomic mass is 19.1. The van der Waals surface area contributed by atoms with Crippen LogP contribution in [0, 0.1) is 5.82 Å². The summed E-state index contributed by atoms with van der Waals surface area (Å²) in [6, 6.07) is 16.2. The van der Waals surface area contributed by atoms with E-state index < -0.39 is 0 Å². The predicted octanol–water partition coefficient (Wildman–Crippen LogP) is 0.872. The summed E-state index contributed by atoms with van der Waals surface area (Å²) in [4.78, 5) is 3.15. The van der Waals surface area contributed by atoms with Gasteiger partial charge in [0.15, 0.2) is 0 Å². The Morgan fingerprint density at radius 3 is 1.96 bits per heavy atom. The van der Waals surface area contributed by atoms with Crippen molar-refractivity contribution in [3.63, 3.8) is 0 Å². The minimum Gasteiger partial charge on any atom is -0.322 e. The van der Waals surface area contributed by atoms with Crippen molar-refractivity contribution < 1.29 is 14.2 Å². The summed E-state index contributed by atoms with van der Waals surface area (Å²) < 4.78 is 13.8. The topological polar surface area (TPSA) is 8.88 Å². The maximum Gasteiger partial charge on any atom is 0.132 e. The molecular formula is C20H27FN2+2. The number of piperazine rings is 1. The molecule has 0 spiro atoms. The Morgan fingerprint density at radius 1 is 0.783 bits per heavy atom. The van der Waals surface area contributed by atoms with Gasteiger partial charge in [-0.15, -0.1) is 0 Å². The molecular weight excluding hydrogens is 287 g/mol. The molecule has 0 radical (unpaired) electrons. The van der Waals surface area contributed by atoms with E-state index in [0.717, 1.165) is 38.2 Å². The number of aryl methyl sites for hydroxylation is 1. The van der Waals surface area contributed by atoms with Crippen LogP contribution in [0.15, 0.2) is 48.5 Å². The van der Waals surface area contributed by atoms with Crippen LogP contribution in [0.1, 0.15) is 23.6 Å². The van der Waals surface area contributed by atoms with Gasteiger partial charge in [-0.05, 0) is 18.1 Å². The van der Waals surface area contributed by atoms with Crippen LogP contribution in [0.3, 0.4) is 0 Å². The van der Waals surface area contributed by atoms with Gasteiger partial charge in [0.2, 0.25) is 0 Å². The molecule has 0 atom stereocenters. The highest BCUT2D eigenvalue weighted by molar-refractivity contribution is 5.21. The molecule has 0 aliphatic carbocycles. The van der Waals surface area contributed by atoms with Gasteiger partial charge in [-0.3, -0.25) is 0 Å². The van der Waals surface area contributed by atoms with E-state index in [-0.39, 0.29) is 5.82 Å². The number of rotatable bonds is 5. The Hall–Kier alpha value is -1.71. The monoisotopic (exact) mass is 314 g/mol. The zero-order chi connectivity index (χ0) is 16.1. The molecule has 23 heavy (non-hydrogen) atoms. The molecule has 0 unspecified atom stereocenters. The molecule has 0 aromatic heterocycles. The standard InChI is InChI=1S/C20H25FN2/c1-2-17-7-9-18(10-8-17)15-22-11-13-23(14-12-22)16-19-5-3-4-6-20(19)21/h3-10H,2,11-16H2,1H3/p+2. The van der Waals surface area contributed by atoms with Crippen molar-refractivity contribution in [2.24, 2.45) is 0 Å². The van der Waals surface area contributed by atoms with Crippen LogP contribution in [0.25, 0.3) is 0 Å². The first-order valence-corrected chi connectivity index (χ1v) is 8.73. The Labute approximate surface area is 138 Å². The smallest absolute Gasteiger partial charge is 0.132 e. The average molecular weight is 314 g/mol. The third-order valence-corrected chi connectivity index (χ3v) is 4.95. The number of hydrogen-bond donors (Lipinski definition) is 2. The summed E-state index contributed by atoms with van der Waals surface area (Å²) in [5, 5.41) is 0. The number of benzene rings is 2. The number of halogens is 1. The lowest BCUT2D eigenvalue weighted by Crippen LogP contribution is -3.27. The van der Waals surface area contributed by atoms with E-state index in [1.807, 2.05) is 12.1 Å². The molecule has 0 amide bonds. The molecule has 2 aromatic carbocycles. The summed E-state index contributed by atoms with van der Waals surface area (Å²) in [5.74, 6) is -0.0641. The van der Waals surface area contributed by atoms with Crippen molar-refractivity contribution in [3.8, 4) is 0 Å². The van der Waals surface area contributed by atoms with Gasteiger partial charge in [0.25, 0.3) is 0 Å². The Bertz CT molecular complexity index is 616. The zero-order valence-corrected chi connectivity index (χ0v) is 13.9. The summed E-state index contributed by atoms with van der Waals surface area (Å²) in [6.45, 7) is 8.69. The van der Waals surface area contributed by atoms with Crippen LogP contribution in [0.4, 0.5) is 4.39 Å². The van der Waals surface area contributed by atoms with Crippen molar-refractivity contribution in [3.05, 3.63) is 71.0 Å². The molecule has 1 fully saturated rings. The average Bonchev–Trinajstić information content (AvgIpc) is 2.59. The predicted molar refractivity (Wildman–Crippen MR) is 91.0 cm³/mol. The third kappa shape index (κ3) is 4.40. The summed E-state index contributed by atoms with van der Waals surface area (Å²) in [5.41, 5.74) is 3.68. The molecule has 2 nitrogen and oxygen atoms in total. The quantitative estimate of drug-likeness (QED) is 0.810. The van der Waals surface area contributed by atoms with Crippen molar-refractivity contribution >= 4 is 0 Å². The van der Waals surface area contributed by atoms with E-state index >= 15 is 0 Å². The van der Waals surface area contributed by atoms with Gasteiger partial charge in [0.1, 0.15) is 45.1 Å². The van der Waals surface area contributed by atoms with Crippen LogP contribution < -0.4 is 9.80 Å². The first-order valence-electron chi connectivity index (χ1n) is 8.73. The van der Waals surface area contributed by atoms with Crippen molar-refractivity contribution in [2.75, 3.05) is 26.2 Å². The molecule has 0 saturated carbocycles. The van der Waals surface area contributed by atoms with Crippen molar-refractivity contribution in [1.82, 2.24) is 0 Å². The van der Waals surface area contributed by atoms with Gasteiger partial charge in [-0.1, -0.05) is 49.4 Å². The van der Waals surface area contributed by atoms with E-state index in [4.69, 9.17) is 0 Å². The lowest BCUT2D eigenvalue weighted by Gasteiger charge is -2.30. The molecule has 1 aliphatic heterocycles. The molecule has 2 N–H and O–H groups in total. The maximum absolute atomic E-state index is 13.8. The van der Waals surface area contributed by atoms with Crippen LogP contribution in [0.5, 0.6) is 0 Å². The molecule has 3 rings (SSSR count). The molecule has 1 heterocycles. The molecule has 1 saturated heterocycles. The van der Waals surface area contributed by atoms with Crippen LogP contribution >= 0.6 is 0 Å². The number of hydrogen-bond acceptors (Lipinski definition) is 0. The first-order chi connectivity index (χ1) is 11.2. The Morgan fingerprint density at radius 2 is 1.35 bits per heavy atom. The third-order valence-electron chi connectivity index (χ3n) is 4.95. The van der Waals surface area contributed by atoms with Crippen LogP contribution in [-0.2, 0) is 19.5 Å². The lowest BCUT2D eigenvalue weighted by molar-refractivity contribution is -1.02. The molecule has 0 bridgehead atoms. The van der Waals surface area contributed by atoms with Crippen LogP contribution in [0.2, 0.25) is 0 Å².